The van der Waals surface area contributed by atoms with Crippen molar-refractivity contribution >= 4 is 39.8 Å². The summed E-state index contributed by atoms with van der Waals surface area (Å²) in [5, 5.41) is 6.66. The number of nitrogens with one attached hydrogen (secondary N) is 2. The Hall–Kier alpha value is -1.61. The highest BCUT2D eigenvalue weighted by molar-refractivity contribution is 14.0. The van der Waals surface area contributed by atoms with Crippen molar-refractivity contribution in [3.05, 3.63) is 65.2 Å². The Bertz CT molecular complexity index is 911. The first-order chi connectivity index (χ1) is 12.6. The second-order valence-electron chi connectivity index (χ2n) is 7.40. The molecule has 0 amide bonds. The van der Waals surface area contributed by atoms with Gasteiger partial charge in [-0.1, -0.05) is 56.3 Å². The van der Waals surface area contributed by atoms with E-state index in [1.54, 1.807) is 13.1 Å². The summed E-state index contributed by atoms with van der Waals surface area (Å²) in [4.78, 5) is 4.65. The van der Waals surface area contributed by atoms with Gasteiger partial charge in [-0.15, -0.1) is 24.0 Å². The van der Waals surface area contributed by atoms with Crippen LogP contribution >= 0.6 is 24.0 Å². The first-order valence-electron chi connectivity index (χ1n) is 8.93. The molecule has 0 aliphatic rings. The van der Waals surface area contributed by atoms with Crippen LogP contribution in [0.2, 0.25) is 0 Å². The predicted octanol–water partition coefficient (Wildman–Crippen LogP) is 3.66. The van der Waals surface area contributed by atoms with Gasteiger partial charge in [-0.25, -0.2) is 8.42 Å². The quantitative estimate of drug-likeness (QED) is 0.350. The molecular formula is C21H30IN3O2S. The van der Waals surface area contributed by atoms with Gasteiger partial charge in [0.05, 0.1) is 4.90 Å². The highest BCUT2D eigenvalue weighted by Gasteiger charge is 2.20. The largest absolute Gasteiger partial charge is 0.356 e. The smallest absolute Gasteiger partial charge is 0.191 e. The molecule has 0 fully saturated rings. The lowest BCUT2D eigenvalue weighted by Crippen LogP contribution is -2.43. The van der Waals surface area contributed by atoms with Crippen LogP contribution in [0.15, 0.2) is 58.4 Å². The number of hydrogen-bond donors (Lipinski definition) is 2. The molecule has 0 aliphatic heterocycles. The lowest BCUT2D eigenvalue weighted by Gasteiger charge is -2.26. The van der Waals surface area contributed by atoms with E-state index in [1.807, 2.05) is 37.3 Å². The van der Waals surface area contributed by atoms with E-state index in [0.29, 0.717) is 17.4 Å². The second-order valence-corrected chi connectivity index (χ2v) is 9.39. The van der Waals surface area contributed by atoms with Gasteiger partial charge in [-0.05, 0) is 29.7 Å². The summed E-state index contributed by atoms with van der Waals surface area (Å²) < 4.78 is 23.5. The van der Waals surface area contributed by atoms with E-state index in [2.05, 4.69) is 41.6 Å². The highest BCUT2D eigenvalue weighted by atomic mass is 127. The predicted molar refractivity (Wildman–Crippen MR) is 127 cm³/mol. The van der Waals surface area contributed by atoms with Crippen LogP contribution in [0.3, 0.4) is 0 Å². The fourth-order valence-electron chi connectivity index (χ4n) is 2.94. The summed E-state index contributed by atoms with van der Waals surface area (Å²) in [6.07, 6.45) is 1.23. The fourth-order valence-corrected chi connectivity index (χ4v) is 3.90. The average molecular weight is 515 g/mol. The maximum atomic E-state index is 11.7. The van der Waals surface area contributed by atoms with Crippen LogP contribution in [-0.2, 0) is 21.8 Å². The van der Waals surface area contributed by atoms with E-state index in [4.69, 9.17) is 0 Å². The molecule has 28 heavy (non-hydrogen) atoms. The molecule has 0 aromatic heterocycles. The first-order valence-corrected chi connectivity index (χ1v) is 10.8. The van der Waals surface area contributed by atoms with E-state index in [1.165, 1.54) is 11.8 Å². The lowest BCUT2D eigenvalue weighted by molar-refractivity contribution is 0.508. The van der Waals surface area contributed by atoms with Gasteiger partial charge in [0, 0.05) is 31.8 Å². The van der Waals surface area contributed by atoms with Gasteiger partial charge in [-0.2, -0.15) is 0 Å². The van der Waals surface area contributed by atoms with Crippen molar-refractivity contribution < 1.29 is 8.42 Å². The third-order valence-electron chi connectivity index (χ3n) is 4.58. The summed E-state index contributed by atoms with van der Waals surface area (Å²) >= 11 is 0. The molecule has 154 valence electrons. The molecule has 0 radical (unpaired) electrons. The maximum Gasteiger partial charge on any atom is 0.191 e. The molecule has 0 atom stereocenters. The van der Waals surface area contributed by atoms with Crippen molar-refractivity contribution in [1.29, 1.82) is 0 Å². The van der Waals surface area contributed by atoms with Gasteiger partial charge in [0.1, 0.15) is 0 Å². The zero-order chi connectivity index (χ0) is 20.1. The zero-order valence-electron chi connectivity index (χ0n) is 17.1. The number of aryl methyl sites for hydroxylation is 1. The molecule has 2 aromatic carbocycles. The number of rotatable bonds is 6. The molecule has 2 rings (SSSR count). The van der Waals surface area contributed by atoms with Gasteiger partial charge in [0.2, 0.25) is 0 Å². The number of sulfone groups is 1. The number of benzene rings is 2. The monoisotopic (exact) mass is 515 g/mol. The third kappa shape index (κ3) is 6.77. The molecule has 5 nitrogen and oxygen atoms in total. The van der Waals surface area contributed by atoms with E-state index in [0.717, 1.165) is 17.7 Å². The molecule has 0 heterocycles. The van der Waals surface area contributed by atoms with Crippen molar-refractivity contribution in [3.63, 3.8) is 0 Å². The molecule has 0 saturated carbocycles. The van der Waals surface area contributed by atoms with Crippen LogP contribution in [0.5, 0.6) is 0 Å². The molecule has 0 spiro atoms. The third-order valence-corrected chi connectivity index (χ3v) is 5.83. The normalized spacial score (nSPS) is 12.2. The molecule has 7 heteroatoms. The Morgan fingerprint density at radius 1 is 1.07 bits per heavy atom. The van der Waals surface area contributed by atoms with E-state index in [9.17, 15) is 8.42 Å². The van der Waals surface area contributed by atoms with Crippen molar-refractivity contribution in [2.45, 2.75) is 37.6 Å². The fraction of sp³-hybridized carbons (Fsp3) is 0.381. The zero-order valence-corrected chi connectivity index (χ0v) is 20.3. The van der Waals surface area contributed by atoms with Crippen molar-refractivity contribution in [3.8, 4) is 0 Å². The second kappa shape index (κ2) is 10.2. The van der Waals surface area contributed by atoms with Crippen LogP contribution in [0.25, 0.3) is 0 Å². The van der Waals surface area contributed by atoms with Crippen molar-refractivity contribution in [2.24, 2.45) is 4.99 Å². The molecule has 0 unspecified atom stereocenters. The number of nitrogens with zero attached hydrogens (tertiary/aromatic N) is 1. The van der Waals surface area contributed by atoms with E-state index < -0.39 is 9.84 Å². The van der Waals surface area contributed by atoms with Crippen LogP contribution < -0.4 is 10.6 Å². The van der Waals surface area contributed by atoms with Crippen LogP contribution in [-0.4, -0.2) is 34.2 Å². The van der Waals surface area contributed by atoms with Gasteiger partial charge in [0.25, 0.3) is 0 Å². The Kier molecular flexibility index (Phi) is 8.94. The summed E-state index contributed by atoms with van der Waals surface area (Å²) in [6, 6.07) is 15.8. The van der Waals surface area contributed by atoms with Gasteiger partial charge < -0.3 is 10.6 Å². The molecule has 0 saturated heterocycles. The Balaban J connectivity index is 0.00000392. The number of guanidine groups is 1. The van der Waals surface area contributed by atoms with Crippen molar-refractivity contribution in [1.82, 2.24) is 10.6 Å². The molecular weight excluding hydrogens is 485 g/mol. The number of halogens is 1. The maximum absolute atomic E-state index is 11.7. The van der Waals surface area contributed by atoms with Gasteiger partial charge in [-0.3, -0.25) is 4.99 Å². The SMILES string of the molecule is CN=C(NCc1ccc(S(C)(=O)=O)c(C)c1)NCC(C)(C)c1ccccc1.I. The van der Waals surface area contributed by atoms with Crippen molar-refractivity contribution in [2.75, 3.05) is 19.8 Å². The first kappa shape index (κ1) is 24.4. The molecule has 2 aromatic rings. The van der Waals surface area contributed by atoms with Crippen LogP contribution in [0.4, 0.5) is 0 Å². The summed E-state index contributed by atoms with van der Waals surface area (Å²) in [5.41, 5.74) is 2.99. The molecule has 0 bridgehead atoms. The van der Waals surface area contributed by atoms with Crippen LogP contribution in [0.1, 0.15) is 30.5 Å². The Morgan fingerprint density at radius 3 is 2.25 bits per heavy atom. The lowest BCUT2D eigenvalue weighted by atomic mass is 9.85. The highest BCUT2D eigenvalue weighted by Crippen LogP contribution is 2.21. The minimum Gasteiger partial charge on any atom is -0.356 e. The van der Waals surface area contributed by atoms with Gasteiger partial charge >= 0.3 is 0 Å². The molecule has 2 N–H and O–H groups in total. The van der Waals surface area contributed by atoms with Crippen LogP contribution in [0, 0.1) is 6.92 Å². The Morgan fingerprint density at radius 2 is 1.71 bits per heavy atom. The Labute approximate surface area is 186 Å². The minimum atomic E-state index is -3.19. The van der Waals surface area contributed by atoms with E-state index in [-0.39, 0.29) is 29.4 Å². The molecule has 0 aliphatic carbocycles. The van der Waals surface area contributed by atoms with E-state index >= 15 is 0 Å². The topological polar surface area (TPSA) is 70.6 Å². The number of aliphatic imine (C=N–C) groups is 1. The minimum absolute atomic E-state index is 0. The average Bonchev–Trinajstić information content (AvgIpc) is 2.61. The number of hydrogen-bond acceptors (Lipinski definition) is 3. The van der Waals surface area contributed by atoms with Gasteiger partial charge in [0.15, 0.2) is 15.8 Å². The standard InChI is InChI=1S/C21H29N3O2S.HI/c1-16-13-17(11-12-19(16)27(5,25)26)14-23-20(22-4)24-15-21(2,3)18-9-7-6-8-10-18;/h6-13H,14-15H2,1-5H3,(H2,22,23,24);1H. The summed E-state index contributed by atoms with van der Waals surface area (Å²) in [7, 11) is -1.46. The summed E-state index contributed by atoms with van der Waals surface area (Å²) in [5.74, 6) is 0.712. The summed E-state index contributed by atoms with van der Waals surface area (Å²) in [6.45, 7) is 7.50.